The Morgan fingerprint density at radius 2 is 1.90 bits per heavy atom. The number of hydrogen-bond acceptors (Lipinski definition) is 4. The van der Waals surface area contributed by atoms with E-state index in [2.05, 4.69) is 34.2 Å². The maximum absolute atomic E-state index is 12.7. The molecule has 2 aliphatic rings. The fourth-order valence-electron chi connectivity index (χ4n) is 4.83. The van der Waals surface area contributed by atoms with Crippen molar-refractivity contribution < 1.29 is 9.59 Å². The van der Waals surface area contributed by atoms with Crippen LogP contribution in [0.3, 0.4) is 0 Å². The first-order valence-corrected chi connectivity index (χ1v) is 11.2. The summed E-state index contributed by atoms with van der Waals surface area (Å²) >= 11 is 0. The predicted octanol–water partition coefficient (Wildman–Crippen LogP) is 3.90. The summed E-state index contributed by atoms with van der Waals surface area (Å²) in [6, 6.07) is 14.7. The van der Waals surface area contributed by atoms with Gasteiger partial charge in [-0.1, -0.05) is 0 Å². The van der Waals surface area contributed by atoms with Gasteiger partial charge in [-0.25, -0.2) is 0 Å². The Morgan fingerprint density at radius 1 is 1.13 bits per heavy atom. The van der Waals surface area contributed by atoms with Gasteiger partial charge in [-0.3, -0.25) is 14.5 Å². The van der Waals surface area contributed by atoms with Crippen molar-refractivity contribution in [2.75, 3.05) is 41.8 Å². The van der Waals surface area contributed by atoms with Crippen LogP contribution >= 0.6 is 0 Å². The number of aryl methyl sites for hydroxylation is 1. The molecule has 4 rings (SSSR count). The van der Waals surface area contributed by atoms with Crippen molar-refractivity contribution in [1.82, 2.24) is 4.90 Å². The molecule has 0 bridgehead atoms. The summed E-state index contributed by atoms with van der Waals surface area (Å²) in [6.45, 7) is 7.79. The maximum atomic E-state index is 12.7. The Labute approximate surface area is 184 Å². The number of rotatable bonds is 6. The van der Waals surface area contributed by atoms with Crippen LogP contribution in [-0.4, -0.2) is 56.0 Å². The number of likely N-dealkylation sites (tertiary alicyclic amines) is 1. The van der Waals surface area contributed by atoms with Crippen LogP contribution in [0.25, 0.3) is 0 Å². The second kappa shape index (κ2) is 9.10. The summed E-state index contributed by atoms with van der Waals surface area (Å²) in [5.41, 5.74) is 4.42. The molecular weight excluding hydrogens is 388 g/mol. The smallest absolute Gasteiger partial charge is 0.255 e. The third-order valence-corrected chi connectivity index (χ3v) is 6.75. The highest BCUT2D eigenvalue weighted by molar-refractivity contribution is 6.05. The highest BCUT2D eigenvalue weighted by Crippen LogP contribution is 2.30. The highest BCUT2D eigenvalue weighted by atomic mass is 16.1. The van der Waals surface area contributed by atoms with Crippen LogP contribution in [0.4, 0.5) is 17.1 Å². The van der Waals surface area contributed by atoms with Gasteiger partial charge >= 0.3 is 0 Å². The Balaban J connectivity index is 1.40. The van der Waals surface area contributed by atoms with E-state index in [1.54, 1.807) is 31.3 Å². The minimum Gasteiger partial charge on any atom is -0.370 e. The molecule has 2 atom stereocenters. The van der Waals surface area contributed by atoms with Gasteiger partial charge in [0.1, 0.15) is 0 Å². The Kier molecular flexibility index (Phi) is 6.28. The van der Waals surface area contributed by atoms with E-state index in [9.17, 15) is 9.59 Å². The van der Waals surface area contributed by atoms with E-state index < -0.39 is 0 Å². The Morgan fingerprint density at radius 3 is 2.55 bits per heavy atom. The molecule has 1 N–H and O–H groups in total. The van der Waals surface area contributed by atoms with Crippen LogP contribution < -0.4 is 15.1 Å². The first-order valence-electron chi connectivity index (χ1n) is 11.2. The van der Waals surface area contributed by atoms with Crippen molar-refractivity contribution >= 4 is 29.4 Å². The Hall–Kier alpha value is -2.86. The summed E-state index contributed by atoms with van der Waals surface area (Å²) in [5, 5.41) is 3.02. The van der Waals surface area contributed by atoms with Crippen molar-refractivity contribution in [3.05, 3.63) is 53.6 Å². The summed E-state index contributed by atoms with van der Waals surface area (Å²) < 4.78 is 0. The molecule has 0 radical (unpaired) electrons. The molecule has 0 spiro atoms. The van der Waals surface area contributed by atoms with Gasteiger partial charge in [0.2, 0.25) is 6.41 Å². The van der Waals surface area contributed by atoms with Crippen LogP contribution in [-0.2, 0) is 4.79 Å². The molecule has 6 heteroatoms. The largest absolute Gasteiger partial charge is 0.370 e. The van der Waals surface area contributed by atoms with E-state index >= 15 is 0 Å². The molecule has 2 fully saturated rings. The van der Waals surface area contributed by atoms with Crippen molar-refractivity contribution in [3.8, 4) is 0 Å². The zero-order valence-electron chi connectivity index (χ0n) is 18.7. The fraction of sp³-hybridized carbons (Fsp3) is 0.440. The third-order valence-electron chi connectivity index (χ3n) is 6.75. The van der Waals surface area contributed by atoms with Crippen molar-refractivity contribution in [3.63, 3.8) is 0 Å². The number of anilines is 3. The molecular formula is C25H32N4O2. The number of hydrogen-bond donors (Lipinski definition) is 1. The van der Waals surface area contributed by atoms with Crippen molar-refractivity contribution in [1.29, 1.82) is 0 Å². The molecule has 6 nitrogen and oxygen atoms in total. The standard InChI is InChI=1S/C25H32N4O2/c1-18-15-22(28-14-12-23(16-28)29-13-4-5-19(29)2)10-11-24(18)26-25(31)20-6-8-21(9-7-20)27(3)17-30/h6-11,15,17,19,23H,4-5,12-14,16H2,1-3H3,(H,26,31). The molecule has 2 aromatic carbocycles. The van der Waals surface area contributed by atoms with Gasteiger partial charge in [0.25, 0.3) is 5.91 Å². The fourth-order valence-corrected chi connectivity index (χ4v) is 4.83. The summed E-state index contributed by atoms with van der Waals surface area (Å²) in [7, 11) is 1.68. The van der Waals surface area contributed by atoms with Crippen molar-refractivity contribution in [2.45, 2.75) is 45.2 Å². The summed E-state index contributed by atoms with van der Waals surface area (Å²) in [4.78, 5) is 30.2. The molecule has 2 amide bonds. The topological polar surface area (TPSA) is 55.9 Å². The van der Waals surface area contributed by atoms with Gasteiger partial charge in [-0.15, -0.1) is 0 Å². The van der Waals surface area contributed by atoms with Gasteiger partial charge in [-0.05, 0) is 87.7 Å². The second-order valence-electron chi connectivity index (χ2n) is 8.83. The third kappa shape index (κ3) is 4.59. The molecule has 164 valence electrons. The van der Waals surface area contributed by atoms with Crippen LogP contribution in [0.5, 0.6) is 0 Å². The summed E-state index contributed by atoms with van der Waals surface area (Å²) in [5.74, 6) is -0.152. The number of carbonyl (C=O) groups is 2. The van der Waals surface area contributed by atoms with Crippen LogP contribution in [0.15, 0.2) is 42.5 Å². The van der Waals surface area contributed by atoms with Gasteiger partial charge in [0, 0.05) is 54.8 Å². The minimum absolute atomic E-state index is 0.152. The second-order valence-corrected chi connectivity index (χ2v) is 8.83. The number of benzene rings is 2. The van der Waals surface area contributed by atoms with E-state index in [0.717, 1.165) is 36.4 Å². The number of nitrogens with one attached hydrogen (secondary N) is 1. The van der Waals surface area contributed by atoms with E-state index in [1.807, 2.05) is 13.0 Å². The molecule has 2 saturated heterocycles. The lowest BCUT2D eigenvalue weighted by molar-refractivity contribution is -0.107. The lowest BCUT2D eigenvalue weighted by Gasteiger charge is -2.28. The van der Waals surface area contributed by atoms with Gasteiger partial charge in [-0.2, -0.15) is 0 Å². The van der Waals surface area contributed by atoms with Gasteiger partial charge < -0.3 is 15.1 Å². The molecule has 31 heavy (non-hydrogen) atoms. The van der Waals surface area contributed by atoms with Gasteiger partial charge in [0.15, 0.2) is 0 Å². The molecule has 2 aliphatic heterocycles. The first-order chi connectivity index (χ1) is 15.0. The molecule has 0 aromatic heterocycles. The normalized spacial score (nSPS) is 21.3. The monoisotopic (exact) mass is 420 g/mol. The number of nitrogens with zero attached hydrogens (tertiary/aromatic N) is 3. The van der Waals surface area contributed by atoms with Crippen molar-refractivity contribution in [2.24, 2.45) is 0 Å². The molecule has 2 unspecified atom stereocenters. The maximum Gasteiger partial charge on any atom is 0.255 e. The molecule has 0 saturated carbocycles. The van der Waals surface area contributed by atoms with E-state index in [0.29, 0.717) is 17.6 Å². The quantitative estimate of drug-likeness (QED) is 0.720. The predicted molar refractivity (Wildman–Crippen MR) is 126 cm³/mol. The lowest BCUT2D eigenvalue weighted by atomic mass is 10.1. The zero-order valence-corrected chi connectivity index (χ0v) is 18.7. The average molecular weight is 421 g/mol. The number of amides is 2. The zero-order chi connectivity index (χ0) is 22.0. The molecule has 2 aromatic rings. The SMILES string of the molecule is Cc1cc(N2CCC(N3CCCC3C)C2)ccc1NC(=O)c1ccc(N(C)C=O)cc1. The van der Waals surface area contributed by atoms with Crippen LogP contribution in [0.1, 0.15) is 42.1 Å². The number of carbonyl (C=O) groups excluding carboxylic acids is 2. The van der Waals surface area contributed by atoms with E-state index in [-0.39, 0.29) is 5.91 Å². The Bertz CT molecular complexity index is 943. The summed E-state index contributed by atoms with van der Waals surface area (Å²) in [6.07, 6.45) is 4.60. The van der Waals surface area contributed by atoms with Crippen LogP contribution in [0.2, 0.25) is 0 Å². The van der Waals surface area contributed by atoms with Crippen LogP contribution in [0, 0.1) is 6.92 Å². The molecule has 0 aliphatic carbocycles. The lowest BCUT2D eigenvalue weighted by Crippen LogP contribution is -2.39. The molecule has 2 heterocycles. The average Bonchev–Trinajstić information content (AvgIpc) is 3.43. The van der Waals surface area contributed by atoms with Gasteiger partial charge in [0.05, 0.1) is 0 Å². The van der Waals surface area contributed by atoms with E-state index in [4.69, 9.17) is 0 Å². The first kappa shape index (κ1) is 21.4. The highest BCUT2D eigenvalue weighted by Gasteiger charge is 2.33. The van der Waals surface area contributed by atoms with E-state index in [1.165, 1.54) is 36.4 Å². The minimum atomic E-state index is -0.152.